The van der Waals surface area contributed by atoms with Gasteiger partial charge < -0.3 is 9.84 Å². The summed E-state index contributed by atoms with van der Waals surface area (Å²) in [5.41, 5.74) is 1.37. The molecule has 15 heavy (non-hydrogen) atoms. The van der Waals surface area contributed by atoms with Crippen LogP contribution in [0.4, 0.5) is 5.69 Å². The van der Waals surface area contributed by atoms with Crippen LogP contribution in [0.25, 0.3) is 0 Å². The molecule has 0 aliphatic carbocycles. The molecule has 0 aromatic carbocycles. The van der Waals surface area contributed by atoms with E-state index in [1.165, 1.54) is 6.26 Å². The molecule has 0 spiro atoms. The maximum absolute atomic E-state index is 5.80. The summed E-state index contributed by atoms with van der Waals surface area (Å²) in [4.78, 5) is 0. The molecule has 0 fully saturated rings. The zero-order chi connectivity index (χ0) is 10.7. The fraction of sp³-hybridized carbons (Fsp3) is 0.125. The summed E-state index contributed by atoms with van der Waals surface area (Å²) in [6, 6.07) is 3.34. The van der Waals surface area contributed by atoms with Crippen molar-refractivity contribution >= 4 is 28.9 Å². The Balaban J connectivity index is 2.07. The molecular weight excluding hydrogens is 239 g/mol. The van der Waals surface area contributed by atoms with Gasteiger partial charge in [0.15, 0.2) is 10.3 Å². The first kappa shape index (κ1) is 10.2. The molecule has 0 aliphatic heterocycles. The molecule has 0 bridgehead atoms. The third-order valence-corrected chi connectivity index (χ3v) is 2.13. The second-order valence-corrected chi connectivity index (χ2v) is 3.46. The summed E-state index contributed by atoms with van der Waals surface area (Å²) in [5, 5.41) is 14.5. The fourth-order valence-corrected chi connectivity index (χ4v) is 1.30. The number of hydrogen-bond donors (Lipinski definition) is 1. The number of nitrogens with zero attached hydrogens (tertiary/aromatic N) is 3. The quantitative estimate of drug-likeness (QED) is 0.899. The highest BCUT2D eigenvalue weighted by Crippen LogP contribution is 2.21. The first-order valence-electron chi connectivity index (χ1n) is 4.07. The van der Waals surface area contributed by atoms with Crippen LogP contribution >= 0.6 is 23.2 Å². The number of rotatable bonds is 3. The van der Waals surface area contributed by atoms with E-state index in [-0.39, 0.29) is 10.3 Å². The van der Waals surface area contributed by atoms with E-state index in [0.29, 0.717) is 12.2 Å². The molecule has 2 rings (SSSR count). The van der Waals surface area contributed by atoms with Gasteiger partial charge in [-0.25, -0.2) is 0 Å². The molecule has 0 saturated carbocycles. The summed E-state index contributed by atoms with van der Waals surface area (Å²) in [7, 11) is 0. The molecule has 5 nitrogen and oxygen atoms in total. The first-order chi connectivity index (χ1) is 7.25. The topological polar surface area (TPSA) is 63.8 Å². The Bertz CT molecular complexity index is 446. The molecular formula is C8H6Cl2N4O. The van der Waals surface area contributed by atoms with Gasteiger partial charge in [0.2, 0.25) is 0 Å². The van der Waals surface area contributed by atoms with Crippen LogP contribution in [0.1, 0.15) is 5.69 Å². The standard InChI is InChI=1S/C8H6Cl2N4O/c9-7-3-6(8(10)13-12-7)11-4-5-1-2-15-14-5/h1-3H,4H2,(H,11,12). The van der Waals surface area contributed by atoms with Gasteiger partial charge in [-0.05, 0) is 0 Å². The minimum Gasteiger partial charge on any atom is -0.377 e. The lowest BCUT2D eigenvalue weighted by molar-refractivity contribution is 0.412. The van der Waals surface area contributed by atoms with Crippen molar-refractivity contribution in [1.82, 2.24) is 15.4 Å². The number of hydrogen-bond acceptors (Lipinski definition) is 5. The van der Waals surface area contributed by atoms with Crippen molar-refractivity contribution in [2.75, 3.05) is 5.32 Å². The van der Waals surface area contributed by atoms with Crippen LogP contribution in [-0.2, 0) is 6.54 Å². The molecule has 0 saturated heterocycles. The highest BCUT2D eigenvalue weighted by atomic mass is 35.5. The van der Waals surface area contributed by atoms with Crippen LogP contribution in [0.3, 0.4) is 0 Å². The Morgan fingerprint density at radius 1 is 1.33 bits per heavy atom. The van der Waals surface area contributed by atoms with Crippen molar-refractivity contribution < 1.29 is 4.52 Å². The van der Waals surface area contributed by atoms with Gasteiger partial charge in [-0.2, -0.15) is 0 Å². The van der Waals surface area contributed by atoms with Gasteiger partial charge >= 0.3 is 0 Å². The van der Waals surface area contributed by atoms with E-state index in [0.717, 1.165) is 5.69 Å². The second-order valence-electron chi connectivity index (χ2n) is 2.72. The van der Waals surface area contributed by atoms with Crippen molar-refractivity contribution in [3.8, 4) is 0 Å². The largest absolute Gasteiger partial charge is 0.377 e. The zero-order valence-electron chi connectivity index (χ0n) is 7.44. The van der Waals surface area contributed by atoms with Crippen LogP contribution in [0, 0.1) is 0 Å². The van der Waals surface area contributed by atoms with Crippen LogP contribution in [-0.4, -0.2) is 15.4 Å². The van der Waals surface area contributed by atoms with Crippen molar-refractivity contribution in [2.24, 2.45) is 0 Å². The van der Waals surface area contributed by atoms with Crippen molar-refractivity contribution in [3.63, 3.8) is 0 Å². The predicted octanol–water partition coefficient (Wildman–Crippen LogP) is 2.38. The van der Waals surface area contributed by atoms with Crippen LogP contribution < -0.4 is 5.32 Å². The van der Waals surface area contributed by atoms with E-state index in [1.807, 2.05) is 0 Å². The summed E-state index contributed by atoms with van der Waals surface area (Å²) >= 11 is 11.5. The summed E-state index contributed by atoms with van der Waals surface area (Å²) < 4.78 is 4.68. The van der Waals surface area contributed by atoms with E-state index >= 15 is 0 Å². The SMILES string of the molecule is Clc1cc(NCc2ccon2)c(Cl)nn1. The lowest BCUT2D eigenvalue weighted by atomic mass is 10.4. The molecule has 0 aliphatic rings. The summed E-state index contributed by atoms with van der Waals surface area (Å²) in [6.45, 7) is 0.484. The van der Waals surface area contributed by atoms with Crippen LogP contribution in [0.5, 0.6) is 0 Å². The molecule has 0 atom stereocenters. The Hall–Kier alpha value is -1.33. The van der Waals surface area contributed by atoms with E-state index in [1.54, 1.807) is 12.1 Å². The fourth-order valence-electron chi connectivity index (χ4n) is 0.992. The Kier molecular flexibility index (Phi) is 3.03. The average Bonchev–Trinajstić information content (AvgIpc) is 2.72. The third kappa shape index (κ3) is 2.57. The summed E-state index contributed by atoms with van der Waals surface area (Å²) in [5.74, 6) is 0. The molecule has 2 aromatic rings. The van der Waals surface area contributed by atoms with E-state index in [4.69, 9.17) is 23.2 Å². The monoisotopic (exact) mass is 244 g/mol. The Labute approximate surface area is 95.4 Å². The minimum absolute atomic E-state index is 0.267. The van der Waals surface area contributed by atoms with Crippen LogP contribution in [0.2, 0.25) is 10.3 Å². The highest BCUT2D eigenvalue weighted by molar-refractivity contribution is 6.33. The average molecular weight is 245 g/mol. The number of aromatic nitrogens is 3. The lowest BCUT2D eigenvalue weighted by Crippen LogP contribution is -2.01. The van der Waals surface area contributed by atoms with E-state index < -0.39 is 0 Å². The first-order valence-corrected chi connectivity index (χ1v) is 4.83. The van der Waals surface area contributed by atoms with Crippen molar-refractivity contribution in [2.45, 2.75) is 6.54 Å². The van der Waals surface area contributed by atoms with Crippen LogP contribution in [0.15, 0.2) is 22.9 Å². The molecule has 0 unspecified atom stereocenters. The van der Waals surface area contributed by atoms with Gasteiger partial charge in [-0.15, -0.1) is 10.2 Å². The number of nitrogens with one attached hydrogen (secondary N) is 1. The number of anilines is 1. The zero-order valence-corrected chi connectivity index (χ0v) is 8.96. The van der Waals surface area contributed by atoms with E-state index in [2.05, 4.69) is 25.2 Å². The van der Waals surface area contributed by atoms with E-state index in [9.17, 15) is 0 Å². The predicted molar refractivity (Wildman–Crippen MR) is 55.9 cm³/mol. The Morgan fingerprint density at radius 2 is 2.20 bits per heavy atom. The molecule has 7 heteroatoms. The third-order valence-electron chi connectivity index (χ3n) is 1.67. The van der Waals surface area contributed by atoms with Gasteiger partial charge in [0.1, 0.15) is 12.0 Å². The minimum atomic E-state index is 0.267. The molecule has 78 valence electrons. The smallest absolute Gasteiger partial charge is 0.174 e. The lowest BCUT2D eigenvalue weighted by Gasteiger charge is -2.04. The van der Waals surface area contributed by atoms with Gasteiger partial charge in [-0.1, -0.05) is 28.4 Å². The van der Waals surface area contributed by atoms with Crippen molar-refractivity contribution in [3.05, 3.63) is 34.4 Å². The molecule has 0 radical (unpaired) electrons. The van der Waals surface area contributed by atoms with Gasteiger partial charge in [0, 0.05) is 12.1 Å². The van der Waals surface area contributed by atoms with Gasteiger partial charge in [0.05, 0.1) is 12.2 Å². The molecule has 0 amide bonds. The molecule has 2 heterocycles. The molecule has 1 N–H and O–H groups in total. The normalized spacial score (nSPS) is 10.3. The van der Waals surface area contributed by atoms with Gasteiger partial charge in [0.25, 0.3) is 0 Å². The van der Waals surface area contributed by atoms with Gasteiger partial charge in [-0.3, -0.25) is 0 Å². The maximum Gasteiger partial charge on any atom is 0.174 e. The summed E-state index contributed by atoms with van der Waals surface area (Å²) in [6.07, 6.45) is 1.50. The Morgan fingerprint density at radius 3 is 2.93 bits per heavy atom. The highest BCUT2D eigenvalue weighted by Gasteiger charge is 2.04. The molecule has 2 aromatic heterocycles. The number of halogens is 2. The maximum atomic E-state index is 5.80. The second kappa shape index (κ2) is 4.46. The van der Waals surface area contributed by atoms with Crippen molar-refractivity contribution in [1.29, 1.82) is 0 Å².